The van der Waals surface area contributed by atoms with Gasteiger partial charge in [-0.2, -0.15) is 5.26 Å². The number of nitrogens with zero attached hydrogens (tertiary/aromatic N) is 2. The van der Waals surface area contributed by atoms with Crippen LogP contribution in [0.15, 0.2) is 29.8 Å². The van der Waals surface area contributed by atoms with Gasteiger partial charge < -0.3 is 4.74 Å². The summed E-state index contributed by atoms with van der Waals surface area (Å²) >= 11 is 0. The summed E-state index contributed by atoms with van der Waals surface area (Å²) in [4.78, 5) is 21.8. The zero-order chi connectivity index (χ0) is 15.1. The zero-order valence-corrected chi connectivity index (χ0v) is 11.2. The van der Waals surface area contributed by atoms with Gasteiger partial charge in [0.05, 0.1) is 11.5 Å². The summed E-state index contributed by atoms with van der Waals surface area (Å²) in [6.45, 7) is 3.97. The monoisotopic (exact) mass is 274 g/mol. The third kappa shape index (κ3) is 4.53. The van der Waals surface area contributed by atoms with Gasteiger partial charge in [0.2, 0.25) is 0 Å². The Bertz CT molecular complexity index is 585. The SMILES string of the molecule is CC(C)COC(=O)/C(C#N)=C/c1cccc([N+](=O)[O-])c1. The molecule has 104 valence electrons. The fraction of sp³-hybridized carbons (Fsp3) is 0.286. The fourth-order valence-corrected chi connectivity index (χ4v) is 1.35. The van der Waals surface area contributed by atoms with Crippen LogP contribution in [0.3, 0.4) is 0 Å². The van der Waals surface area contributed by atoms with Gasteiger partial charge in [-0.1, -0.05) is 26.0 Å². The Morgan fingerprint density at radius 1 is 1.55 bits per heavy atom. The number of esters is 1. The lowest BCUT2D eigenvalue weighted by Crippen LogP contribution is -2.11. The lowest BCUT2D eigenvalue weighted by Gasteiger charge is -2.05. The molecule has 0 atom stereocenters. The maximum Gasteiger partial charge on any atom is 0.348 e. The third-order valence-corrected chi connectivity index (χ3v) is 2.28. The molecular weight excluding hydrogens is 260 g/mol. The maximum absolute atomic E-state index is 11.7. The Kier molecular flexibility index (Phi) is 5.42. The van der Waals surface area contributed by atoms with E-state index in [9.17, 15) is 14.9 Å². The van der Waals surface area contributed by atoms with Crippen molar-refractivity contribution in [3.8, 4) is 6.07 Å². The highest BCUT2D eigenvalue weighted by Crippen LogP contribution is 2.16. The molecule has 1 rings (SSSR count). The number of carbonyl (C=O) groups excluding carboxylic acids is 1. The second-order valence-corrected chi connectivity index (χ2v) is 4.51. The van der Waals surface area contributed by atoms with Crippen molar-refractivity contribution in [3.05, 3.63) is 45.5 Å². The molecule has 0 amide bonds. The first-order valence-corrected chi connectivity index (χ1v) is 5.97. The van der Waals surface area contributed by atoms with E-state index in [2.05, 4.69) is 0 Å². The number of nitro groups is 1. The summed E-state index contributed by atoms with van der Waals surface area (Å²) in [6.07, 6.45) is 1.27. The summed E-state index contributed by atoms with van der Waals surface area (Å²) in [7, 11) is 0. The molecule has 6 heteroatoms. The molecule has 1 aromatic rings. The number of hydrogen-bond acceptors (Lipinski definition) is 5. The largest absolute Gasteiger partial charge is 0.461 e. The van der Waals surface area contributed by atoms with Crippen LogP contribution in [0.2, 0.25) is 0 Å². The molecule has 0 saturated carbocycles. The summed E-state index contributed by atoms with van der Waals surface area (Å²) < 4.78 is 4.94. The number of ether oxygens (including phenoxy) is 1. The molecule has 0 radical (unpaired) electrons. The van der Waals surface area contributed by atoms with Crippen LogP contribution < -0.4 is 0 Å². The van der Waals surface area contributed by atoms with Gasteiger partial charge in [-0.15, -0.1) is 0 Å². The Hall–Kier alpha value is -2.68. The van der Waals surface area contributed by atoms with Crippen molar-refractivity contribution in [2.24, 2.45) is 5.92 Å². The van der Waals surface area contributed by atoms with E-state index in [1.807, 2.05) is 13.8 Å². The highest BCUT2D eigenvalue weighted by atomic mass is 16.6. The first-order valence-electron chi connectivity index (χ1n) is 5.97. The molecule has 0 N–H and O–H groups in total. The van der Waals surface area contributed by atoms with Crippen LogP contribution in [0.1, 0.15) is 19.4 Å². The number of rotatable bonds is 5. The van der Waals surface area contributed by atoms with Gasteiger partial charge in [-0.05, 0) is 17.6 Å². The van der Waals surface area contributed by atoms with Crippen LogP contribution in [-0.4, -0.2) is 17.5 Å². The summed E-state index contributed by atoms with van der Waals surface area (Å²) in [6, 6.07) is 7.41. The molecular formula is C14H14N2O4. The van der Waals surface area contributed by atoms with E-state index in [-0.39, 0.29) is 23.8 Å². The van der Waals surface area contributed by atoms with Crippen molar-refractivity contribution in [1.29, 1.82) is 5.26 Å². The Morgan fingerprint density at radius 2 is 2.25 bits per heavy atom. The molecule has 6 nitrogen and oxygen atoms in total. The molecule has 0 aliphatic rings. The number of carbonyl (C=O) groups is 1. The maximum atomic E-state index is 11.7. The molecule has 20 heavy (non-hydrogen) atoms. The van der Waals surface area contributed by atoms with Crippen LogP contribution >= 0.6 is 0 Å². The third-order valence-electron chi connectivity index (χ3n) is 2.28. The van der Waals surface area contributed by atoms with Gasteiger partial charge in [0.15, 0.2) is 0 Å². The van der Waals surface area contributed by atoms with Crippen LogP contribution in [0.5, 0.6) is 0 Å². The second-order valence-electron chi connectivity index (χ2n) is 4.51. The van der Waals surface area contributed by atoms with Crippen molar-refractivity contribution in [3.63, 3.8) is 0 Å². The zero-order valence-electron chi connectivity index (χ0n) is 11.2. The van der Waals surface area contributed by atoms with Gasteiger partial charge in [-0.3, -0.25) is 10.1 Å². The lowest BCUT2D eigenvalue weighted by atomic mass is 10.1. The molecule has 0 spiro atoms. The molecule has 0 heterocycles. The molecule has 0 saturated heterocycles. The van der Waals surface area contributed by atoms with Crippen LogP contribution in [0.25, 0.3) is 6.08 Å². The van der Waals surface area contributed by atoms with Crippen molar-refractivity contribution in [2.45, 2.75) is 13.8 Å². The predicted octanol–water partition coefficient (Wildman–Crippen LogP) is 2.70. The number of non-ortho nitro benzene ring substituents is 1. The minimum absolute atomic E-state index is 0.105. The van der Waals surface area contributed by atoms with Crippen LogP contribution in [0, 0.1) is 27.4 Å². The van der Waals surface area contributed by atoms with Gasteiger partial charge in [-0.25, -0.2) is 4.79 Å². The van der Waals surface area contributed by atoms with Gasteiger partial charge in [0, 0.05) is 12.1 Å². The van der Waals surface area contributed by atoms with E-state index in [4.69, 9.17) is 10.00 Å². The van der Waals surface area contributed by atoms with E-state index in [1.54, 1.807) is 12.1 Å². The predicted molar refractivity (Wildman–Crippen MR) is 72.5 cm³/mol. The van der Waals surface area contributed by atoms with Crippen molar-refractivity contribution >= 4 is 17.7 Å². The first kappa shape index (κ1) is 15.4. The summed E-state index contributed by atoms with van der Waals surface area (Å²) in [5, 5.41) is 19.6. The average Bonchev–Trinajstić information content (AvgIpc) is 2.42. The smallest absolute Gasteiger partial charge is 0.348 e. The first-order chi connectivity index (χ1) is 9.43. The molecule has 0 fully saturated rings. The standard InChI is InChI=1S/C14H14N2O4/c1-10(2)9-20-14(17)12(8-15)6-11-4-3-5-13(7-11)16(18)19/h3-7,10H,9H2,1-2H3/b12-6+. The van der Waals surface area contributed by atoms with E-state index in [1.165, 1.54) is 24.3 Å². The Balaban J connectivity index is 2.94. The number of hydrogen-bond donors (Lipinski definition) is 0. The van der Waals surface area contributed by atoms with Crippen molar-refractivity contribution < 1.29 is 14.5 Å². The Labute approximate surface area is 116 Å². The highest BCUT2D eigenvalue weighted by molar-refractivity contribution is 5.97. The minimum Gasteiger partial charge on any atom is -0.461 e. The second kappa shape index (κ2) is 7.04. The number of nitro benzene ring substituents is 1. The van der Waals surface area contributed by atoms with Gasteiger partial charge in [0.25, 0.3) is 5.69 Å². The number of nitriles is 1. The molecule has 0 bridgehead atoms. The van der Waals surface area contributed by atoms with Gasteiger partial charge in [0.1, 0.15) is 11.6 Å². The lowest BCUT2D eigenvalue weighted by molar-refractivity contribution is -0.384. The summed E-state index contributed by atoms with van der Waals surface area (Å²) in [5.41, 5.74) is 0.106. The van der Waals surface area contributed by atoms with Crippen molar-refractivity contribution in [1.82, 2.24) is 0 Å². The quantitative estimate of drug-likeness (QED) is 0.270. The summed E-state index contributed by atoms with van der Waals surface area (Å²) in [5.74, 6) is -0.565. The van der Waals surface area contributed by atoms with E-state index >= 15 is 0 Å². The van der Waals surface area contributed by atoms with Gasteiger partial charge >= 0.3 is 5.97 Å². The molecule has 1 aromatic carbocycles. The fourth-order valence-electron chi connectivity index (χ4n) is 1.35. The molecule has 0 aliphatic carbocycles. The van der Waals surface area contributed by atoms with E-state index in [0.29, 0.717) is 5.56 Å². The number of benzene rings is 1. The van der Waals surface area contributed by atoms with E-state index < -0.39 is 10.9 Å². The molecule has 0 unspecified atom stereocenters. The Morgan fingerprint density at radius 3 is 2.80 bits per heavy atom. The average molecular weight is 274 g/mol. The normalized spacial score (nSPS) is 11.0. The highest BCUT2D eigenvalue weighted by Gasteiger charge is 2.12. The minimum atomic E-state index is -0.729. The topological polar surface area (TPSA) is 93.2 Å². The van der Waals surface area contributed by atoms with E-state index in [0.717, 1.165) is 0 Å². The van der Waals surface area contributed by atoms with Crippen LogP contribution in [-0.2, 0) is 9.53 Å². The van der Waals surface area contributed by atoms with Crippen LogP contribution in [0.4, 0.5) is 5.69 Å². The molecule has 0 aromatic heterocycles. The molecule has 0 aliphatic heterocycles. The van der Waals surface area contributed by atoms with Crippen molar-refractivity contribution in [2.75, 3.05) is 6.61 Å².